The number of aliphatic hydroxyl groups excluding tert-OH is 1. The normalized spacial score (nSPS) is 17.9. The lowest BCUT2D eigenvalue weighted by molar-refractivity contribution is -0.0282. The molecule has 0 bridgehead atoms. The van der Waals surface area contributed by atoms with E-state index in [9.17, 15) is 5.11 Å². The third kappa shape index (κ3) is 3.93. The van der Waals surface area contributed by atoms with Crippen molar-refractivity contribution in [3.05, 3.63) is 30.1 Å². The number of hydrogen-bond donors (Lipinski definition) is 1. The molecule has 23 heavy (non-hydrogen) atoms. The lowest BCUT2D eigenvalue weighted by atomic mass is 9.98. The minimum absolute atomic E-state index is 0.328. The molecule has 4 nitrogen and oxygen atoms in total. The van der Waals surface area contributed by atoms with Crippen molar-refractivity contribution in [2.24, 2.45) is 0 Å². The molecule has 1 atom stereocenters. The summed E-state index contributed by atoms with van der Waals surface area (Å²) < 4.78 is 8.07. The van der Waals surface area contributed by atoms with Gasteiger partial charge in [-0.25, -0.2) is 4.98 Å². The molecule has 1 heterocycles. The fourth-order valence-electron chi connectivity index (χ4n) is 3.47. The van der Waals surface area contributed by atoms with E-state index in [4.69, 9.17) is 9.72 Å². The molecule has 4 heteroatoms. The van der Waals surface area contributed by atoms with Crippen molar-refractivity contribution in [1.82, 2.24) is 9.55 Å². The van der Waals surface area contributed by atoms with Gasteiger partial charge in [0.1, 0.15) is 5.82 Å². The highest BCUT2D eigenvalue weighted by molar-refractivity contribution is 5.76. The maximum atomic E-state index is 10.4. The van der Waals surface area contributed by atoms with Gasteiger partial charge in [-0.2, -0.15) is 0 Å². The third-order valence-electron chi connectivity index (χ3n) is 4.67. The van der Waals surface area contributed by atoms with Crippen LogP contribution in [0.1, 0.15) is 57.7 Å². The number of aromatic nitrogens is 2. The second-order valence-electron chi connectivity index (χ2n) is 6.97. The van der Waals surface area contributed by atoms with Crippen LogP contribution >= 0.6 is 0 Å². The minimum Gasteiger partial charge on any atom is -0.389 e. The van der Waals surface area contributed by atoms with Crippen LogP contribution in [0, 0.1) is 0 Å². The van der Waals surface area contributed by atoms with E-state index < -0.39 is 6.10 Å². The number of para-hydroxylation sites is 2. The minimum atomic E-state index is -0.493. The Kier molecular flexibility index (Phi) is 5.34. The number of aliphatic hydroxyl groups is 1. The van der Waals surface area contributed by atoms with E-state index in [1.54, 1.807) is 0 Å². The Balaban J connectivity index is 1.68. The van der Waals surface area contributed by atoms with Crippen LogP contribution in [0.2, 0.25) is 0 Å². The Morgan fingerprint density at radius 3 is 2.70 bits per heavy atom. The van der Waals surface area contributed by atoms with Gasteiger partial charge in [0, 0.05) is 5.92 Å². The molecule has 2 aromatic rings. The molecular formula is C19H28N2O2. The molecule has 1 N–H and O–H groups in total. The van der Waals surface area contributed by atoms with Gasteiger partial charge in [0.2, 0.25) is 0 Å². The van der Waals surface area contributed by atoms with Gasteiger partial charge in [0.15, 0.2) is 0 Å². The van der Waals surface area contributed by atoms with Gasteiger partial charge in [-0.1, -0.05) is 45.2 Å². The Morgan fingerprint density at radius 2 is 1.96 bits per heavy atom. The lowest BCUT2D eigenvalue weighted by Gasteiger charge is -2.24. The van der Waals surface area contributed by atoms with E-state index in [0.717, 1.165) is 29.7 Å². The van der Waals surface area contributed by atoms with E-state index in [-0.39, 0.29) is 0 Å². The smallest absolute Gasteiger partial charge is 0.112 e. The summed E-state index contributed by atoms with van der Waals surface area (Å²) in [4.78, 5) is 4.73. The molecular weight excluding hydrogens is 288 g/mol. The van der Waals surface area contributed by atoms with Crippen molar-refractivity contribution >= 4 is 11.0 Å². The second-order valence-corrected chi connectivity index (χ2v) is 6.97. The molecule has 0 amide bonds. The molecule has 1 aliphatic carbocycles. The second kappa shape index (κ2) is 7.45. The summed E-state index contributed by atoms with van der Waals surface area (Å²) in [6.07, 6.45) is 5.95. The van der Waals surface area contributed by atoms with Crippen LogP contribution in [-0.2, 0) is 11.3 Å². The first kappa shape index (κ1) is 16.5. The fraction of sp³-hybridized carbons (Fsp3) is 0.632. The molecule has 3 rings (SSSR count). The zero-order valence-corrected chi connectivity index (χ0v) is 14.2. The largest absolute Gasteiger partial charge is 0.389 e. The Morgan fingerprint density at radius 1 is 1.22 bits per heavy atom. The monoisotopic (exact) mass is 316 g/mol. The maximum absolute atomic E-state index is 10.4. The summed E-state index contributed by atoms with van der Waals surface area (Å²) in [6, 6.07) is 8.13. The fourth-order valence-corrected chi connectivity index (χ4v) is 3.47. The summed E-state index contributed by atoms with van der Waals surface area (Å²) in [5.41, 5.74) is 2.09. The summed E-state index contributed by atoms with van der Waals surface area (Å²) >= 11 is 0. The van der Waals surface area contributed by atoms with Crippen molar-refractivity contribution in [2.45, 2.75) is 70.6 Å². The average molecular weight is 316 g/mol. The first-order valence-corrected chi connectivity index (χ1v) is 8.90. The molecule has 1 aromatic carbocycles. The van der Waals surface area contributed by atoms with Crippen molar-refractivity contribution < 1.29 is 9.84 Å². The number of ether oxygens (including phenoxy) is 1. The molecule has 0 spiro atoms. The van der Waals surface area contributed by atoms with E-state index in [2.05, 4.69) is 24.5 Å². The van der Waals surface area contributed by atoms with Crippen LogP contribution in [0.3, 0.4) is 0 Å². The van der Waals surface area contributed by atoms with Crippen LogP contribution < -0.4 is 0 Å². The Hall–Kier alpha value is -1.39. The van der Waals surface area contributed by atoms with Crippen LogP contribution in [-0.4, -0.2) is 33.5 Å². The van der Waals surface area contributed by atoms with Crippen LogP contribution in [0.5, 0.6) is 0 Å². The highest BCUT2D eigenvalue weighted by atomic mass is 16.5. The number of hydrogen-bond acceptors (Lipinski definition) is 3. The first-order chi connectivity index (χ1) is 11.1. The SMILES string of the molecule is CC(C)c1nc2ccccc2n1C[C@H](O)COC1CCCCC1. The molecule has 126 valence electrons. The van der Waals surface area contributed by atoms with E-state index >= 15 is 0 Å². The van der Waals surface area contributed by atoms with Crippen LogP contribution in [0.15, 0.2) is 24.3 Å². The van der Waals surface area contributed by atoms with Crippen molar-refractivity contribution in [2.75, 3.05) is 6.61 Å². The van der Waals surface area contributed by atoms with E-state index in [1.165, 1.54) is 19.3 Å². The molecule has 1 aromatic heterocycles. The molecule has 0 radical (unpaired) electrons. The zero-order chi connectivity index (χ0) is 16.2. The third-order valence-corrected chi connectivity index (χ3v) is 4.67. The Bertz CT molecular complexity index is 629. The van der Waals surface area contributed by atoms with Gasteiger partial charge >= 0.3 is 0 Å². The van der Waals surface area contributed by atoms with E-state index in [0.29, 0.717) is 25.2 Å². The van der Waals surface area contributed by atoms with Crippen LogP contribution in [0.4, 0.5) is 0 Å². The number of rotatable bonds is 6. The summed E-state index contributed by atoms with van der Waals surface area (Å²) in [5.74, 6) is 1.36. The molecule has 1 saturated carbocycles. The number of imidazole rings is 1. The van der Waals surface area contributed by atoms with Gasteiger partial charge in [0.25, 0.3) is 0 Å². The van der Waals surface area contributed by atoms with Crippen molar-refractivity contribution in [3.63, 3.8) is 0 Å². The van der Waals surface area contributed by atoms with E-state index in [1.807, 2.05) is 18.2 Å². The van der Waals surface area contributed by atoms with Gasteiger partial charge in [-0.3, -0.25) is 0 Å². The van der Waals surface area contributed by atoms with Gasteiger partial charge in [-0.05, 0) is 25.0 Å². The molecule has 0 unspecified atom stereocenters. The summed E-state index contributed by atoms with van der Waals surface area (Å²) in [5, 5.41) is 10.4. The summed E-state index contributed by atoms with van der Waals surface area (Å²) in [6.45, 7) is 5.24. The molecule has 1 aliphatic rings. The number of benzene rings is 1. The highest BCUT2D eigenvalue weighted by Crippen LogP contribution is 2.23. The van der Waals surface area contributed by atoms with Crippen molar-refractivity contribution in [1.29, 1.82) is 0 Å². The molecule has 0 aliphatic heterocycles. The quantitative estimate of drug-likeness (QED) is 0.880. The molecule has 0 saturated heterocycles. The zero-order valence-electron chi connectivity index (χ0n) is 14.2. The lowest BCUT2D eigenvalue weighted by Crippen LogP contribution is -2.27. The average Bonchev–Trinajstić information content (AvgIpc) is 2.93. The van der Waals surface area contributed by atoms with Crippen LogP contribution in [0.25, 0.3) is 11.0 Å². The standard InChI is InChI=1S/C19H28N2O2/c1-14(2)19-20-17-10-6-7-11-18(17)21(19)12-15(22)13-23-16-8-4-3-5-9-16/h6-7,10-11,14-16,22H,3-5,8-9,12-13H2,1-2H3/t15-/m0/s1. The first-order valence-electron chi connectivity index (χ1n) is 8.90. The predicted molar refractivity (Wildman–Crippen MR) is 92.7 cm³/mol. The van der Waals surface area contributed by atoms with Gasteiger partial charge in [-0.15, -0.1) is 0 Å². The topological polar surface area (TPSA) is 47.3 Å². The number of nitrogens with zero attached hydrogens (tertiary/aromatic N) is 2. The van der Waals surface area contributed by atoms with Gasteiger partial charge < -0.3 is 14.4 Å². The predicted octanol–water partition coefficient (Wildman–Crippen LogP) is 3.87. The Labute approximate surface area is 138 Å². The summed E-state index contributed by atoms with van der Waals surface area (Å²) in [7, 11) is 0. The van der Waals surface area contributed by atoms with Gasteiger partial charge in [0.05, 0.1) is 36.4 Å². The van der Waals surface area contributed by atoms with Crippen molar-refractivity contribution in [3.8, 4) is 0 Å². The maximum Gasteiger partial charge on any atom is 0.112 e. The molecule has 1 fully saturated rings. The number of fused-ring (bicyclic) bond motifs is 1. The highest BCUT2D eigenvalue weighted by Gasteiger charge is 2.19.